The first-order valence-corrected chi connectivity index (χ1v) is 5.32. The largest absolute Gasteiger partial charge is 0.256 e. The Bertz CT molecular complexity index is 446. The molecule has 1 heteroatoms. The molecule has 1 aromatic heterocycles. The van der Waals surface area contributed by atoms with E-state index in [1.165, 1.54) is 16.7 Å². The minimum atomic E-state index is 1.05. The van der Waals surface area contributed by atoms with Crippen LogP contribution in [0.15, 0.2) is 42.6 Å². The number of pyridine rings is 1. The molecule has 76 valence electrons. The summed E-state index contributed by atoms with van der Waals surface area (Å²) in [6, 6.07) is 12.6. The van der Waals surface area contributed by atoms with Crippen molar-refractivity contribution < 1.29 is 0 Å². The molecule has 0 saturated heterocycles. The van der Waals surface area contributed by atoms with Gasteiger partial charge in [-0.05, 0) is 31.0 Å². The maximum atomic E-state index is 4.39. The fourth-order valence-corrected chi connectivity index (χ4v) is 1.79. The maximum Gasteiger partial charge on any atom is 0.0704 e. The van der Waals surface area contributed by atoms with Crippen LogP contribution in [-0.4, -0.2) is 4.98 Å². The van der Waals surface area contributed by atoms with E-state index < -0.39 is 0 Å². The number of benzene rings is 1. The van der Waals surface area contributed by atoms with Gasteiger partial charge in [-0.25, -0.2) is 0 Å². The lowest BCUT2D eigenvalue weighted by Gasteiger charge is -2.07. The molecule has 0 amide bonds. The van der Waals surface area contributed by atoms with Crippen molar-refractivity contribution in [2.45, 2.75) is 20.3 Å². The van der Waals surface area contributed by atoms with Gasteiger partial charge in [0.1, 0.15) is 0 Å². The van der Waals surface area contributed by atoms with Crippen molar-refractivity contribution in [3.63, 3.8) is 0 Å². The lowest BCUT2D eigenvalue weighted by molar-refractivity contribution is 1.13. The van der Waals surface area contributed by atoms with Gasteiger partial charge in [-0.2, -0.15) is 0 Å². The summed E-state index contributed by atoms with van der Waals surface area (Å²) in [6.07, 6.45) is 2.89. The van der Waals surface area contributed by atoms with Crippen molar-refractivity contribution in [1.29, 1.82) is 0 Å². The molecular weight excluding hydrogens is 182 g/mol. The van der Waals surface area contributed by atoms with E-state index in [9.17, 15) is 0 Å². The van der Waals surface area contributed by atoms with Gasteiger partial charge in [0.25, 0.3) is 0 Å². The molecule has 0 aliphatic heterocycles. The minimum Gasteiger partial charge on any atom is -0.256 e. The van der Waals surface area contributed by atoms with Crippen LogP contribution in [-0.2, 0) is 6.42 Å². The third kappa shape index (κ3) is 2.07. The predicted octanol–water partition coefficient (Wildman–Crippen LogP) is 3.62. The second-order valence-corrected chi connectivity index (χ2v) is 3.73. The van der Waals surface area contributed by atoms with Crippen molar-refractivity contribution in [3.8, 4) is 11.3 Å². The molecule has 0 spiro atoms. The highest BCUT2D eigenvalue weighted by Gasteiger charge is 2.03. The van der Waals surface area contributed by atoms with Gasteiger partial charge in [0.15, 0.2) is 0 Å². The lowest BCUT2D eigenvalue weighted by atomic mass is 10.00. The van der Waals surface area contributed by atoms with Gasteiger partial charge in [-0.15, -0.1) is 0 Å². The maximum absolute atomic E-state index is 4.39. The monoisotopic (exact) mass is 197 g/mol. The zero-order chi connectivity index (χ0) is 10.7. The average Bonchev–Trinajstić information content (AvgIpc) is 2.30. The van der Waals surface area contributed by atoms with E-state index in [-0.39, 0.29) is 0 Å². The quantitative estimate of drug-likeness (QED) is 0.716. The average molecular weight is 197 g/mol. The second kappa shape index (κ2) is 4.26. The van der Waals surface area contributed by atoms with Crippen molar-refractivity contribution in [2.24, 2.45) is 0 Å². The minimum absolute atomic E-state index is 1.05. The van der Waals surface area contributed by atoms with Gasteiger partial charge in [0.2, 0.25) is 0 Å². The number of rotatable bonds is 2. The Morgan fingerprint density at radius 1 is 1.13 bits per heavy atom. The molecule has 0 aliphatic carbocycles. The van der Waals surface area contributed by atoms with Crippen molar-refractivity contribution in [3.05, 3.63) is 53.7 Å². The van der Waals surface area contributed by atoms with E-state index in [1.807, 2.05) is 18.3 Å². The number of hydrogen-bond donors (Lipinski definition) is 0. The van der Waals surface area contributed by atoms with Crippen LogP contribution in [0.3, 0.4) is 0 Å². The normalized spacial score (nSPS) is 10.3. The molecule has 2 aromatic rings. The summed E-state index contributed by atoms with van der Waals surface area (Å²) >= 11 is 0. The van der Waals surface area contributed by atoms with Crippen LogP contribution in [0.25, 0.3) is 11.3 Å². The third-order valence-electron chi connectivity index (χ3n) is 2.58. The summed E-state index contributed by atoms with van der Waals surface area (Å²) in [7, 11) is 0. The van der Waals surface area contributed by atoms with Crippen LogP contribution in [0, 0.1) is 6.92 Å². The van der Waals surface area contributed by atoms with Crippen LogP contribution >= 0.6 is 0 Å². The van der Waals surface area contributed by atoms with Crippen molar-refractivity contribution in [2.75, 3.05) is 0 Å². The topological polar surface area (TPSA) is 12.9 Å². The van der Waals surface area contributed by atoms with E-state index in [1.54, 1.807) is 0 Å². The van der Waals surface area contributed by atoms with Crippen LogP contribution in [0.5, 0.6) is 0 Å². The molecule has 1 heterocycles. The molecule has 1 nitrogen and oxygen atoms in total. The molecule has 0 unspecified atom stereocenters. The summed E-state index contributed by atoms with van der Waals surface area (Å²) < 4.78 is 0. The highest BCUT2D eigenvalue weighted by molar-refractivity contribution is 5.64. The fraction of sp³-hybridized carbons (Fsp3) is 0.214. The molecule has 0 atom stereocenters. The molecule has 2 rings (SSSR count). The summed E-state index contributed by atoms with van der Waals surface area (Å²) in [5, 5.41) is 0. The number of nitrogens with zero attached hydrogens (tertiary/aromatic N) is 1. The van der Waals surface area contributed by atoms with Crippen molar-refractivity contribution >= 4 is 0 Å². The SMILES string of the molecule is CCc1cc(C)ccc1-c1ccccn1. The highest BCUT2D eigenvalue weighted by Crippen LogP contribution is 2.22. The Balaban J connectivity index is 2.53. The van der Waals surface area contributed by atoms with Gasteiger partial charge in [-0.1, -0.05) is 36.8 Å². The molecule has 0 saturated carbocycles. The fourth-order valence-electron chi connectivity index (χ4n) is 1.79. The molecule has 0 fully saturated rings. The smallest absolute Gasteiger partial charge is 0.0704 e. The summed E-state index contributed by atoms with van der Waals surface area (Å²) in [4.78, 5) is 4.39. The number of aromatic nitrogens is 1. The van der Waals surface area contributed by atoms with E-state index >= 15 is 0 Å². The third-order valence-corrected chi connectivity index (χ3v) is 2.58. The number of hydrogen-bond acceptors (Lipinski definition) is 1. The molecule has 0 N–H and O–H groups in total. The zero-order valence-electron chi connectivity index (χ0n) is 9.20. The molecule has 15 heavy (non-hydrogen) atoms. The van der Waals surface area contributed by atoms with Crippen LogP contribution in [0.1, 0.15) is 18.1 Å². The number of aryl methyl sites for hydroxylation is 2. The second-order valence-electron chi connectivity index (χ2n) is 3.73. The Morgan fingerprint density at radius 3 is 2.67 bits per heavy atom. The summed E-state index contributed by atoms with van der Waals surface area (Å²) in [6.45, 7) is 4.31. The first kappa shape index (κ1) is 9.91. The van der Waals surface area contributed by atoms with E-state index in [0.717, 1.165) is 12.1 Å². The van der Waals surface area contributed by atoms with Gasteiger partial charge in [-0.3, -0.25) is 4.98 Å². The standard InChI is InChI=1S/C14H15N/c1-3-12-10-11(2)7-8-13(12)14-6-4-5-9-15-14/h4-10H,3H2,1-2H3. The van der Waals surface area contributed by atoms with E-state index in [0.29, 0.717) is 0 Å². The first-order valence-electron chi connectivity index (χ1n) is 5.32. The first-order chi connectivity index (χ1) is 7.31. The van der Waals surface area contributed by atoms with Crippen molar-refractivity contribution in [1.82, 2.24) is 4.98 Å². The van der Waals surface area contributed by atoms with Crippen LogP contribution < -0.4 is 0 Å². The zero-order valence-corrected chi connectivity index (χ0v) is 9.20. The Kier molecular flexibility index (Phi) is 2.82. The Morgan fingerprint density at radius 2 is 2.00 bits per heavy atom. The van der Waals surface area contributed by atoms with Gasteiger partial charge in [0, 0.05) is 11.8 Å². The molecule has 0 bridgehead atoms. The molecule has 0 radical (unpaired) electrons. The molecular formula is C14H15N. The Hall–Kier alpha value is -1.63. The predicted molar refractivity (Wildman–Crippen MR) is 63.8 cm³/mol. The lowest BCUT2D eigenvalue weighted by Crippen LogP contribution is -1.90. The van der Waals surface area contributed by atoms with E-state index in [4.69, 9.17) is 0 Å². The van der Waals surface area contributed by atoms with Gasteiger partial charge in [0.05, 0.1) is 5.69 Å². The molecule has 1 aromatic carbocycles. The molecule has 0 aliphatic rings. The summed E-state index contributed by atoms with van der Waals surface area (Å²) in [5.74, 6) is 0. The van der Waals surface area contributed by atoms with Gasteiger partial charge >= 0.3 is 0 Å². The Labute approximate surface area is 90.8 Å². The van der Waals surface area contributed by atoms with Crippen LogP contribution in [0.2, 0.25) is 0 Å². The highest BCUT2D eigenvalue weighted by atomic mass is 14.7. The van der Waals surface area contributed by atoms with Gasteiger partial charge < -0.3 is 0 Å². The van der Waals surface area contributed by atoms with E-state index in [2.05, 4.69) is 43.1 Å². The summed E-state index contributed by atoms with van der Waals surface area (Å²) in [5.41, 5.74) is 5.00. The van der Waals surface area contributed by atoms with Crippen LogP contribution in [0.4, 0.5) is 0 Å².